The van der Waals surface area contributed by atoms with Crippen LogP contribution in [-0.4, -0.2) is 35.0 Å². The van der Waals surface area contributed by atoms with Crippen LogP contribution in [0.15, 0.2) is 18.2 Å². The average Bonchev–Trinajstić information content (AvgIpc) is 2.34. The van der Waals surface area contributed by atoms with E-state index in [0.717, 1.165) is 5.75 Å². The molecule has 7 heteroatoms. The number of rotatable bonds is 6. The van der Waals surface area contributed by atoms with E-state index in [4.69, 9.17) is 22.4 Å². The maximum Gasteiger partial charge on any atom is 0.335 e. The lowest BCUT2D eigenvalue weighted by molar-refractivity contribution is -0.117. The zero-order valence-corrected chi connectivity index (χ0v) is 11.9. The first kappa shape index (κ1) is 15.8. The van der Waals surface area contributed by atoms with Gasteiger partial charge in [0.2, 0.25) is 5.91 Å². The molecule has 0 aliphatic heterocycles. The Balaban J connectivity index is 2.76. The number of nitrogens with one attached hydrogen (secondary N) is 1. The molecule has 0 bridgehead atoms. The molecular formula is C12H15ClN2O3S. The molecule has 0 radical (unpaired) electrons. The molecule has 0 saturated carbocycles. The molecule has 0 unspecified atom stereocenters. The smallest absolute Gasteiger partial charge is 0.335 e. The van der Waals surface area contributed by atoms with Crippen LogP contribution in [0.25, 0.3) is 0 Å². The van der Waals surface area contributed by atoms with E-state index in [0.29, 0.717) is 12.1 Å². The first-order chi connectivity index (χ1) is 8.93. The first-order valence-corrected chi connectivity index (χ1v) is 7.30. The third-order valence-corrected chi connectivity index (χ3v) is 3.24. The van der Waals surface area contributed by atoms with E-state index in [1.54, 1.807) is 11.8 Å². The molecule has 0 saturated heterocycles. The number of carbonyl (C=O) groups excluding carboxylic acids is 1. The highest BCUT2D eigenvalue weighted by molar-refractivity contribution is 7.98. The molecule has 0 fully saturated rings. The quantitative estimate of drug-likeness (QED) is 0.748. The van der Waals surface area contributed by atoms with Crippen LogP contribution in [0, 0.1) is 0 Å². The van der Waals surface area contributed by atoms with Gasteiger partial charge in [-0.25, -0.2) is 4.79 Å². The van der Waals surface area contributed by atoms with E-state index in [-0.39, 0.29) is 16.5 Å². The molecule has 0 aliphatic rings. The summed E-state index contributed by atoms with van der Waals surface area (Å²) in [7, 11) is 0. The molecule has 5 nitrogen and oxygen atoms in total. The molecule has 1 atom stereocenters. The van der Waals surface area contributed by atoms with Crippen molar-refractivity contribution < 1.29 is 14.7 Å². The first-order valence-electron chi connectivity index (χ1n) is 5.53. The number of aromatic carboxylic acids is 1. The molecule has 1 aromatic rings. The molecule has 0 heterocycles. The fraction of sp³-hybridized carbons (Fsp3) is 0.333. The standard InChI is InChI=1S/C12H15ClN2O3S/c1-19-3-2-10(14)11(16)15-9-5-7(12(17)18)4-8(13)6-9/h4-6,10H,2-3,14H2,1H3,(H,15,16)(H,17,18)/t10-/m1/s1. The largest absolute Gasteiger partial charge is 0.478 e. The van der Waals surface area contributed by atoms with Gasteiger partial charge >= 0.3 is 5.97 Å². The van der Waals surface area contributed by atoms with E-state index in [9.17, 15) is 9.59 Å². The molecule has 0 spiro atoms. The van der Waals surface area contributed by atoms with E-state index < -0.39 is 12.0 Å². The Morgan fingerprint density at radius 3 is 2.74 bits per heavy atom. The molecule has 104 valence electrons. The van der Waals surface area contributed by atoms with Gasteiger partial charge in [-0.2, -0.15) is 11.8 Å². The number of nitrogens with two attached hydrogens (primary N) is 1. The second-order valence-electron chi connectivity index (χ2n) is 3.91. The number of halogens is 1. The van der Waals surface area contributed by atoms with Crippen LogP contribution in [0.3, 0.4) is 0 Å². The highest BCUT2D eigenvalue weighted by Crippen LogP contribution is 2.19. The van der Waals surface area contributed by atoms with Gasteiger partial charge in [-0.3, -0.25) is 4.79 Å². The number of carboxylic acid groups (broad SMARTS) is 1. The summed E-state index contributed by atoms with van der Waals surface area (Å²) < 4.78 is 0. The Morgan fingerprint density at radius 1 is 1.47 bits per heavy atom. The lowest BCUT2D eigenvalue weighted by Crippen LogP contribution is -2.36. The summed E-state index contributed by atoms with van der Waals surface area (Å²) in [6.45, 7) is 0. The molecule has 19 heavy (non-hydrogen) atoms. The van der Waals surface area contributed by atoms with E-state index >= 15 is 0 Å². The van der Waals surface area contributed by atoms with Crippen molar-refractivity contribution in [3.63, 3.8) is 0 Å². The maximum absolute atomic E-state index is 11.8. The van der Waals surface area contributed by atoms with Crippen LogP contribution < -0.4 is 11.1 Å². The van der Waals surface area contributed by atoms with Gasteiger partial charge in [0.05, 0.1) is 11.6 Å². The SMILES string of the molecule is CSCC[C@@H](N)C(=O)Nc1cc(Cl)cc(C(=O)O)c1. The van der Waals surface area contributed by atoms with Crippen LogP contribution in [0.5, 0.6) is 0 Å². The summed E-state index contributed by atoms with van der Waals surface area (Å²) in [6, 6.07) is 3.51. The minimum atomic E-state index is -1.11. The molecule has 4 N–H and O–H groups in total. The molecule has 1 aromatic carbocycles. The third kappa shape index (κ3) is 5.10. The van der Waals surface area contributed by atoms with Crippen LogP contribution in [0.1, 0.15) is 16.8 Å². The Bertz CT molecular complexity index is 482. The van der Waals surface area contributed by atoms with Gasteiger partial charge in [-0.15, -0.1) is 0 Å². The minimum absolute atomic E-state index is 0.0143. The number of anilines is 1. The van der Waals surface area contributed by atoms with E-state index in [2.05, 4.69) is 5.32 Å². The predicted octanol–water partition coefficient (Wildman–Crippen LogP) is 2.06. The molecule has 1 amide bonds. The van der Waals surface area contributed by atoms with E-state index in [1.165, 1.54) is 18.2 Å². The van der Waals surface area contributed by atoms with Crippen LogP contribution in [0.2, 0.25) is 5.02 Å². The van der Waals surface area contributed by atoms with Gasteiger partial charge in [-0.05, 0) is 36.6 Å². The van der Waals surface area contributed by atoms with Gasteiger partial charge in [0.15, 0.2) is 0 Å². The number of hydrogen-bond donors (Lipinski definition) is 3. The Morgan fingerprint density at radius 2 is 2.16 bits per heavy atom. The third-order valence-electron chi connectivity index (χ3n) is 2.38. The van der Waals surface area contributed by atoms with Crippen molar-refractivity contribution in [1.29, 1.82) is 0 Å². The molecule has 1 rings (SSSR count). The monoisotopic (exact) mass is 302 g/mol. The zero-order valence-electron chi connectivity index (χ0n) is 10.4. The van der Waals surface area contributed by atoms with Crippen molar-refractivity contribution in [2.45, 2.75) is 12.5 Å². The summed E-state index contributed by atoms with van der Waals surface area (Å²) in [4.78, 5) is 22.6. The van der Waals surface area contributed by atoms with Gasteiger partial charge in [0, 0.05) is 10.7 Å². The van der Waals surface area contributed by atoms with Crippen molar-refractivity contribution in [2.24, 2.45) is 5.73 Å². The summed E-state index contributed by atoms with van der Waals surface area (Å²) in [5.74, 6) is -0.679. The molecule has 0 aliphatic carbocycles. The Labute approximate surface area is 120 Å². The number of thioether (sulfide) groups is 1. The van der Waals surface area contributed by atoms with Crippen molar-refractivity contribution in [1.82, 2.24) is 0 Å². The highest BCUT2D eigenvalue weighted by Gasteiger charge is 2.14. The second kappa shape index (κ2) is 7.37. The average molecular weight is 303 g/mol. The fourth-order valence-electron chi connectivity index (χ4n) is 1.40. The maximum atomic E-state index is 11.8. The zero-order chi connectivity index (χ0) is 14.4. The number of carbonyl (C=O) groups is 2. The number of amides is 1. The number of benzene rings is 1. The van der Waals surface area contributed by atoms with Crippen LogP contribution in [0.4, 0.5) is 5.69 Å². The summed E-state index contributed by atoms with van der Waals surface area (Å²) in [6.07, 6.45) is 2.49. The van der Waals surface area contributed by atoms with Crippen LogP contribution in [-0.2, 0) is 4.79 Å². The highest BCUT2D eigenvalue weighted by atomic mass is 35.5. The second-order valence-corrected chi connectivity index (χ2v) is 5.33. The Hall–Kier alpha value is -1.24. The fourth-order valence-corrected chi connectivity index (χ4v) is 2.12. The lowest BCUT2D eigenvalue weighted by atomic mass is 10.2. The number of carboxylic acids is 1. The number of hydrogen-bond acceptors (Lipinski definition) is 4. The van der Waals surface area contributed by atoms with Gasteiger partial charge in [0.25, 0.3) is 0 Å². The molecule has 0 aromatic heterocycles. The summed E-state index contributed by atoms with van der Waals surface area (Å²) >= 11 is 7.40. The van der Waals surface area contributed by atoms with Gasteiger partial charge < -0.3 is 16.2 Å². The summed E-state index contributed by atoms with van der Waals surface area (Å²) in [5.41, 5.74) is 6.05. The van der Waals surface area contributed by atoms with Crippen molar-refractivity contribution in [3.05, 3.63) is 28.8 Å². The molecular weight excluding hydrogens is 288 g/mol. The van der Waals surface area contributed by atoms with Crippen LogP contribution >= 0.6 is 23.4 Å². The Kier molecular flexibility index (Phi) is 6.14. The normalized spacial score (nSPS) is 11.9. The van der Waals surface area contributed by atoms with Crippen molar-refractivity contribution in [3.8, 4) is 0 Å². The lowest BCUT2D eigenvalue weighted by Gasteiger charge is -2.12. The van der Waals surface area contributed by atoms with Gasteiger partial charge in [0.1, 0.15) is 0 Å². The predicted molar refractivity (Wildman–Crippen MR) is 78.0 cm³/mol. The minimum Gasteiger partial charge on any atom is -0.478 e. The van der Waals surface area contributed by atoms with Crippen molar-refractivity contribution >= 4 is 40.9 Å². The van der Waals surface area contributed by atoms with Crippen molar-refractivity contribution in [2.75, 3.05) is 17.3 Å². The summed E-state index contributed by atoms with van der Waals surface area (Å²) in [5, 5.41) is 11.7. The topological polar surface area (TPSA) is 92.4 Å². The van der Waals surface area contributed by atoms with Gasteiger partial charge in [-0.1, -0.05) is 11.6 Å². The van der Waals surface area contributed by atoms with E-state index in [1.807, 2.05) is 6.26 Å².